The highest BCUT2D eigenvalue weighted by atomic mass is 35.5. The summed E-state index contributed by atoms with van der Waals surface area (Å²) < 4.78 is 0. The van der Waals surface area contributed by atoms with Crippen molar-refractivity contribution in [3.8, 4) is 0 Å². The van der Waals surface area contributed by atoms with Gasteiger partial charge in [-0.05, 0) is 54.1 Å². The first-order valence-corrected chi connectivity index (χ1v) is 6.65. The Morgan fingerprint density at radius 2 is 2.06 bits per heavy atom. The molecule has 0 aliphatic rings. The summed E-state index contributed by atoms with van der Waals surface area (Å²) in [4.78, 5) is 1.28. The van der Waals surface area contributed by atoms with E-state index in [1.165, 1.54) is 16.0 Å². The molecule has 1 aromatic heterocycles. The third-order valence-electron chi connectivity index (χ3n) is 2.80. The average Bonchev–Trinajstić information content (AvgIpc) is 2.71. The van der Waals surface area contributed by atoms with Gasteiger partial charge >= 0.3 is 0 Å². The Morgan fingerprint density at radius 1 is 1.29 bits per heavy atom. The van der Waals surface area contributed by atoms with E-state index in [-0.39, 0.29) is 6.04 Å². The molecule has 1 heterocycles. The summed E-state index contributed by atoms with van der Waals surface area (Å²) in [6.07, 6.45) is 0. The van der Waals surface area contributed by atoms with Crippen LogP contribution in [0.3, 0.4) is 0 Å². The largest absolute Gasteiger partial charge is 0.271 e. The Balaban J connectivity index is 2.45. The number of hydrogen-bond donors (Lipinski definition) is 2. The van der Waals surface area contributed by atoms with E-state index in [9.17, 15) is 0 Å². The molecule has 0 aliphatic heterocycles. The number of nitrogens with one attached hydrogen (secondary N) is 1. The van der Waals surface area contributed by atoms with E-state index in [0.29, 0.717) is 0 Å². The first kappa shape index (κ1) is 12.6. The smallest absolute Gasteiger partial charge is 0.0721 e. The molecule has 2 aromatic rings. The highest BCUT2D eigenvalue weighted by Crippen LogP contribution is 2.29. The van der Waals surface area contributed by atoms with Crippen molar-refractivity contribution in [3.63, 3.8) is 0 Å². The van der Waals surface area contributed by atoms with Crippen molar-refractivity contribution in [1.29, 1.82) is 0 Å². The normalized spacial score (nSPS) is 12.7. The number of benzene rings is 1. The lowest BCUT2D eigenvalue weighted by Crippen LogP contribution is -2.29. The zero-order chi connectivity index (χ0) is 12.4. The number of nitrogens with two attached hydrogens (primary N) is 1. The molecule has 1 aromatic carbocycles. The molecule has 0 aliphatic carbocycles. The number of aryl methyl sites for hydroxylation is 2. The summed E-state index contributed by atoms with van der Waals surface area (Å²) in [6.45, 7) is 4.15. The van der Waals surface area contributed by atoms with Gasteiger partial charge < -0.3 is 0 Å². The fourth-order valence-corrected chi connectivity index (χ4v) is 2.81. The molecule has 1 unspecified atom stereocenters. The summed E-state index contributed by atoms with van der Waals surface area (Å²) in [5.74, 6) is 5.68. The summed E-state index contributed by atoms with van der Waals surface area (Å²) in [5.41, 5.74) is 6.35. The lowest BCUT2D eigenvalue weighted by Gasteiger charge is -2.18. The first-order chi connectivity index (χ1) is 8.11. The van der Waals surface area contributed by atoms with Gasteiger partial charge in [-0.1, -0.05) is 17.7 Å². The zero-order valence-electron chi connectivity index (χ0n) is 9.83. The maximum absolute atomic E-state index is 6.04. The molecule has 3 N–H and O–H groups in total. The third-order valence-corrected chi connectivity index (χ3v) is 3.92. The number of hydrazine groups is 1. The van der Waals surface area contributed by atoms with Crippen LogP contribution in [0.15, 0.2) is 29.6 Å². The maximum Gasteiger partial charge on any atom is 0.0721 e. The van der Waals surface area contributed by atoms with Crippen molar-refractivity contribution in [1.82, 2.24) is 5.43 Å². The number of thiophene rings is 1. The van der Waals surface area contributed by atoms with Crippen LogP contribution in [-0.2, 0) is 0 Å². The minimum atomic E-state index is -0.00125. The molecular weight excluding hydrogens is 252 g/mol. The van der Waals surface area contributed by atoms with Gasteiger partial charge in [-0.2, -0.15) is 0 Å². The second-order valence-corrected chi connectivity index (χ2v) is 5.64. The molecule has 4 heteroatoms. The van der Waals surface area contributed by atoms with Crippen molar-refractivity contribution in [2.24, 2.45) is 5.84 Å². The van der Waals surface area contributed by atoms with E-state index >= 15 is 0 Å². The van der Waals surface area contributed by atoms with Crippen molar-refractivity contribution < 1.29 is 0 Å². The highest BCUT2D eigenvalue weighted by molar-refractivity contribution is 7.10. The Bertz CT molecular complexity index is 522. The Kier molecular flexibility index (Phi) is 3.84. The lowest BCUT2D eigenvalue weighted by atomic mass is 9.97. The van der Waals surface area contributed by atoms with E-state index in [1.807, 2.05) is 18.2 Å². The van der Waals surface area contributed by atoms with Crippen LogP contribution in [0.25, 0.3) is 0 Å². The maximum atomic E-state index is 6.04. The molecule has 0 amide bonds. The van der Waals surface area contributed by atoms with Gasteiger partial charge in [0.25, 0.3) is 0 Å². The molecule has 0 radical (unpaired) electrons. The second kappa shape index (κ2) is 5.19. The first-order valence-electron chi connectivity index (χ1n) is 5.39. The summed E-state index contributed by atoms with van der Waals surface area (Å²) in [5, 5.41) is 2.86. The van der Waals surface area contributed by atoms with Crippen LogP contribution in [-0.4, -0.2) is 0 Å². The number of rotatable bonds is 3. The van der Waals surface area contributed by atoms with Gasteiger partial charge in [0, 0.05) is 9.90 Å². The van der Waals surface area contributed by atoms with Gasteiger partial charge in [0.2, 0.25) is 0 Å². The van der Waals surface area contributed by atoms with Crippen LogP contribution in [0.4, 0.5) is 0 Å². The Hall–Kier alpha value is -0.870. The molecule has 90 valence electrons. The van der Waals surface area contributed by atoms with E-state index in [2.05, 4.69) is 30.7 Å². The van der Waals surface area contributed by atoms with Crippen LogP contribution in [0.2, 0.25) is 5.02 Å². The van der Waals surface area contributed by atoms with Crippen LogP contribution in [0, 0.1) is 13.8 Å². The van der Waals surface area contributed by atoms with Crippen molar-refractivity contribution in [2.75, 3.05) is 0 Å². The second-order valence-electron chi connectivity index (χ2n) is 4.09. The SMILES string of the molecule is Cc1cc(C(NN)c2cc(Cl)ccc2C)cs1. The van der Waals surface area contributed by atoms with Gasteiger partial charge in [0.05, 0.1) is 6.04 Å². The molecule has 0 spiro atoms. The summed E-state index contributed by atoms with van der Waals surface area (Å²) >= 11 is 7.77. The predicted octanol–water partition coefficient (Wildman–Crippen LogP) is 3.57. The molecule has 2 nitrogen and oxygen atoms in total. The van der Waals surface area contributed by atoms with Gasteiger partial charge in [0.1, 0.15) is 0 Å². The van der Waals surface area contributed by atoms with Crippen LogP contribution < -0.4 is 11.3 Å². The van der Waals surface area contributed by atoms with E-state index < -0.39 is 0 Å². The van der Waals surface area contributed by atoms with Gasteiger partial charge in [-0.15, -0.1) is 11.3 Å². The zero-order valence-corrected chi connectivity index (χ0v) is 11.4. The third kappa shape index (κ3) is 2.69. The Labute approximate surface area is 110 Å². The van der Waals surface area contributed by atoms with Crippen molar-refractivity contribution in [2.45, 2.75) is 19.9 Å². The molecule has 0 saturated carbocycles. The molecule has 0 saturated heterocycles. The van der Waals surface area contributed by atoms with Crippen LogP contribution >= 0.6 is 22.9 Å². The fraction of sp³-hybridized carbons (Fsp3) is 0.231. The molecule has 2 rings (SSSR count). The van der Waals surface area contributed by atoms with Gasteiger partial charge in [0.15, 0.2) is 0 Å². The van der Waals surface area contributed by atoms with Gasteiger partial charge in [-0.3, -0.25) is 5.84 Å². The fourth-order valence-electron chi connectivity index (χ4n) is 1.90. The minimum Gasteiger partial charge on any atom is -0.271 e. The van der Waals surface area contributed by atoms with Crippen LogP contribution in [0.1, 0.15) is 27.6 Å². The molecule has 1 atom stereocenters. The quantitative estimate of drug-likeness (QED) is 0.658. The van der Waals surface area contributed by atoms with E-state index in [1.54, 1.807) is 11.3 Å². The molecule has 0 bridgehead atoms. The summed E-state index contributed by atoms with van der Waals surface area (Å²) in [7, 11) is 0. The van der Waals surface area contributed by atoms with E-state index in [4.69, 9.17) is 17.4 Å². The topological polar surface area (TPSA) is 38.0 Å². The minimum absolute atomic E-state index is 0.00125. The lowest BCUT2D eigenvalue weighted by molar-refractivity contribution is 0.635. The Morgan fingerprint density at radius 3 is 2.65 bits per heavy atom. The average molecular weight is 267 g/mol. The van der Waals surface area contributed by atoms with Crippen LogP contribution in [0.5, 0.6) is 0 Å². The van der Waals surface area contributed by atoms with Crippen molar-refractivity contribution in [3.05, 3.63) is 56.2 Å². The van der Waals surface area contributed by atoms with Crippen molar-refractivity contribution >= 4 is 22.9 Å². The van der Waals surface area contributed by atoms with Gasteiger partial charge in [-0.25, -0.2) is 5.43 Å². The molecule has 0 fully saturated rings. The number of halogens is 1. The molecular formula is C13H15ClN2S. The number of hydrogen-bond acceptors (Lipinski definition) is 3. The monoisotopic (exact) mass is 266 g/mol. The summed E-state index contributed by atoms with van der Waals surface area (Å²) in [6, 6.07) is 8.02. The van der Waals surface area contributed by atoms with E-state index in [0.717, 1.165) is 10.6 Å². The standard InChI is InChI=1S/C13H15ClN2S/c1-8-3-4-11(14)6-12(8)13(16-15)10-5-9(2)17-7-10/h3-7,13,16H,15H2,1-2H3. The predicted molar refractivity (Wildman–Crippen MR) is 74.4 cm³/mol. The highest BCUT2D eigenvalue weighted by Gasteiger charge is 2.16. The molecule has 17 heavy (non-hydrogen) atoms.